The minimum Gasteiger partial charge on any atom is -0.481 e. The summed E-state index contributed by atoms with van der Waals surface area (Å²) < 4.78 is 5.06. The molecule has 0 saturated carbocycles. The van der Waals surface area contributed by atoms with E-state index in [4.69, 9.17) is 4.74 Å². The lowest BCUT2D eigenvalue weighted by molar-refractivity contribution is 0.180. The van der Waals surface area contributed by atoms with Gasteiger partial charge in [0.25, 0.3) is 0 Å². The van der Waals surface area contributed by atoms with Gasteiger partial charge in [0.15, 0.2) is 0 Å². The minimum absolute atomic E-state index is 0.314. The number of aromatic nitrogens is 1. The first-order valence-corrected chi connectivity index (χ1v) is 6.10. The molecule has 1 aromatic heterocycles. The number of rotatable bonds is 2. The van der Waals surface area contributed by atoms with Crippen molar-refractivity contribution in [1.29, 1.82) is 0 Å². The quantitative estimate of drug-likeness (QED) is 0.879. The number of pyridine rings is 1. The molecule has 3 heteroatoms. The third-order valence-electron chi connectivity index (χ3n) is 3.50. The van der Waals surface area contributed by atoms with E-state index in [1.807, 2.05) is 30.5 Å². The van der Waals surface area contributed by atoms with Crippen molar-refractivity contribution in [3.63, 3.8) is 0 Å². The Kier molecular flexibility index (Phi) is 2.76. The van der Waals surface area contributed by atoms with Gasteiger partial charge in [0.1, 0.15) is 0 Å². The van der Waals surface area contributed by atoms with Crippen molar-refractivity contribution < 1.29 is 9.84 Å². The molecule has 1 aliphatic carbocycles. The highest BCUT2D eigenvalue weighted by molar-refractivity contribution is 5.69. The molecular formula is C15H15NO2. The first-order chi connectivity index (χ1) is 8.79. The summed E-state index contributed by atoms with van der Waals surface area (Å²) in [5, 5.41) is 9.90. The molecule has 0 amide bonds. The topological polar surface area (TPSA) is 42.4 Å². The van der Waals surface area contributed by atoms with Crippen molar-refractivity contribution >= 4 is 0 Å². The lowest BCUT2D eigenvalue weighted by Gasteiger charge is -2.09. The highest BCUT2D eigenvalue weighted by atomic mass is 16.5. The summed E-state index contributed by atoms with van der Waals surface area (Å²) >= 11 is 0. The molecule has 0 radical (unpaired) electrons. The SMILES string of the molecule is COc1ccc(-c2cccc3c2CC[C@H]3O)cn1. The fraction of sp³-hybridized carbons (Fsp3) is 0.267. The van der Waals surface area contributed by atoms with Gasteiger partial charge in [-0.25, -0.2) is 4.98 Å². The zero-order valence-corrected chi connectivity index (χ0v) is 10.3. The van der Waals surface area contributed by atoms with E-state index in [-0.39, 0.29) is 6.10 Å². The van der Waals surface area contributed by atoms with E-state index in [0.29, 0.717) is 5.88 Å². The smallest absolute Gasteiger partial charge is 0.212 e. The van der Waals surface area contributed by atoms with Crippen molar-refractivity contribution in [1.82, 2.24) is 4.98 Å². The maximum absolute atomic E-state index is 9.90. The zero-order chi connectivity index (χ0) is 12.5. The van der Waals surface area contributed by atoms with Gasteiger partial charge in [0.05, 0.1) is 13.2 Å². The second-order valence-corrected chi connectivity index (χ2v) is 4.52. The third-order valence-corrected chi connectivity index (χ3v) is 3.50. The Morgan fingerprint density at radius 3 is 2.89 bits per heavy atom. The predicted molar refractivity (Wildman–Crippen MR) is 69.5 cm³/mol. The molecule has 18 heavy (non-hydrogen) atoms. The second kappa shape index (κ2) is 4.42. The predicted octanol–water partition coefficient (Wildman–Crippen LogP) is 2.74. The standard InChI is InChI=1S/C15H15NO2/c1-18-15-8-5-10(9-16-15)11-3-2-4-13-12(11)6-7-14(13)17/h2-5,8-9,14,17H,6-7H2,1H3/t14-/m1/s1. The Bertz CT molecular complexity index is 563. The van der Waals surface area contributed by atoms with Crippen LogP contribution in [0, 0.1) is 0 Å². The fourth-order valence-corrected chi connectivity index (χ4v) is 2.56. The monoisotopic (exact) mass is 241 g/mol. The van der Waals surface area contributed by atoms with Crippen LogP contribution in [0.4, 0.5) is 0 Å². The third kappa shape index (κ3) is 1.77. The number of hydrogen-bond donors (Lipinski definition) is 1. The molecule has 0 saturated heterocycles. The Hall–Kier alpha value is -1.87. The molecule has 0 aliphatic heterocycles. The van der Waals surface area contributed by atoms with Crippen LogP contribution in [-0.2, 0) is 6.42 Å². The van der Waals surface area contributed by atoms with Gasteiger partial charge >= 0.3 is 0 Å². The van der Waals surface area contributed by atoms with Crippen molar-refractivity contribution in [2.24, 2.45) is 0 Å². The molecule has 0 bridgehead atoms. The fourth-order valence-electron chi connectivity index (χ4n) is 2.56. The van der Waals surface area contributed by atoms with Gasteiger partial charge < -0.3 is 9.84 Å². The largest absolute Gasteiger partial charge is 0.481 e. The summed E-state index contributed by atoms with van der Waals surface area (Å²) in [6.07, 6.45) is 3.25. The number of aliphatic hydroxyl groups is 1. The molecular weight excluding hydrogens is 226 g/mol. The Morgan fingerprint density at radius 2 is 2.17 bits per heavy atom. The average Bonchev–Trinajstić information content (AvgIpc) is 2.81. The van der Waals surface area contributed by atoms with E-state index in [0.717, 1.165) is 24.0 Å². The average molecular weight is 241 g/mol. The first kappa shape index (κ1) is 11.2. The number of ether oxygens (including phenoxy) is 1. The van der Waals surface area contributed by atoms with Crippen LogP contribution in [-0.4, -0.2) is 17.2 Å². The second-order valence-electron chi connectivity index (χ2n) is 4.52. The number of methoxy groups -OCH3 is 1. The number of fused-ring (bicyclic) bond motifs is 1. The van der Waals surface area contributed by atoms with Crippen LogP contribution in [0.15, 0.2) is 36.5 Å². The molecule has 1 atom stereocenters. The van der Waals surface area contributed by atoms with Crippen LogP contribution in [0.3, 0.4) is 0 Å². The van der Waals surface area contributed by atoms with Crippen LogP contribution in [0.25, 0.3) is 11.1 Å². The zero-order valence-electron chi connectivity index (χ0n) is 10.3. The van der Waals surface area contributed by atoms with Gasteiger partial charge in [-0.3, -0.25) is 0 Å². The van der Waals surface area contributed by atoms with Crippen LogP contribution in [0.1, 0.15) is 23.7 Å². The molecule has 1 aliphatic rings. The van der Waals surface area contributed by atoms with Gasteiger partial charge in [0.2, 0.25) is 5.88 Å². The maximum Gasteiger partial charge on any atom is 0.212 e. The van der Waals surface area contributed by atoms with Crippen LogP contribution in [0.2, 0.25) is 0 Å². The first-order valence-electron chi connectivity index (χ1n) is 6.10. The van der Waals surface area contributed by atoms with Crippen LogP contribution < -0.4 is 4.74 Å². The summed E-state index contributed by atoms with van der Waals surface area (Å²) in [5.41, 5.74) is 4.54. The summed E-state index contributed by atoms with van der Waals surface area (Å²) in [4.78, 5) is 4.23. The molecule has 92 valence electrons. The minimum atomic E-state index is -0.314. The van der Waals surface area contributed by atoms with Gasteiger partial charge in [-0.05, 0) is 35.6 Å². The molecule has 1 aromatic carbocycles. The van der Waals surface area contributed by atoms with Crippen molar-refractivity contribution in [2.75, 3.05) is 7.11 Å². The lowest BCUT2D eigenvalue weighted by atomic mass is 9.98. The summed E-state index contributed by atoms with van der Waals surface area (Å²) in [7, 11) is 1.61. The molecule has 0 unspecified atom stereocenters. The van der Waals surface area contributed by atoms with E-state index in [1.54, 1.807) is 7.11 Å². The van der Waals surface area contributed by atoms with E-state index < -0.39 is 0 Å². The van der Waals surface area contributed by atoms with E-state index in [9.17, 15) is 5.11 Å². The van der Waals surface area contributed by atoms with Crippen molar-refractivity contribution in [3.8, 4) is 17.0 Å². The van der Waals surface area contributed by atoms with Crippen molar-refractivity contribution in [2.45, 2.75) is 18.9 Å². The molecule has 1 N–H and O–H groups in total. The summed E-state index contributed by atoms with van der Waals surface area (Å²) in [5.74, 6) is 0.617. The molecule has 2 aromatic rings. The highest BCUT2D eigenvalue weighted by Crippen LogP contribution is 2.37. The van der Waals surface area contributed by atoms with Gasteiger partial charge in [0, 0.05) is 17.8 Å². The molecule has 0 fully saturated rings. The number of benzene rings is 1. The van der Waals surface area contributed by atoms with Crippen LogP contribution >= 0.6 is 0 Å². The Morgan fingerprint density at radius 1 is 1.28 bits per heavy atom. The number of hydrogen-bond acceptors (Lipinski definition) is 3. The molecule has 3 nitrogen and oxygen atoms in total. The number of aliphatic hydroxyl groups excluding tert-OH is 1. The Labute approximate surface area is 106 Å². The number of nitrogens with zero attached hydrogens (tertiary/aromatic N) is 1. The lowest BCUT2D eigenvalue weighted by Crippen LogP contribution is -1.92. The maximum atomic E-state index is 9.90. The normalized spacial score (nSPS) is 17.6. The molecule has 3 rings (SSSR count). The summed E-state index contributed by atoms with van der Waals surface area (Å²) in [6, 6.07) is 9.95. The van der Waals surface area contributed by atoms with Gasteiger partial charge in [-0.2, -0.15) is 0 Å². The molecule has 1 heterocycles. The van der Waals surface area contributed by atoms with Gasteiger partial charge in [-0.15, -0.1) is 0 Å². The van der Waals surface area contributed by atoms with E-state index in [2.05, 4.69) is 11.1 Å². The van der Waals surface area contributed by atoms with Crippen LogP contribution in [0.5, 0.6) is 5.88 Å². The molecule has 0 spiro atoms. The van der Waals surface area contributed by atoms with Crippen molar-refractivity contribution in [3.05, 3.63) is 47.7 Å². The van der Waals surface area contributed by atoms with E-state index >= 15 is 0 Å². The van der Waals surface area contributed by atoms with Gasteiger partial charge in [-0.1, -0.05) is 18.2 Å². The Balaban J connectivity index is 2.06. The highest BCUT2D eigenvalue weighted by Gasteiger charge is 2.22. The summed E-state index contributed by atoms with van der Waals surface area (Å²) in [6.45, 7) is 0. The van der Waals surface area contributed by atoms with E-state index in [1.165, 1.54) is 11.1 Å².